The molecule has 0 fully saturated rings. The van der Waals surface area contributed by atoms with Gasteiger partial charge in [-0.25, -0.2) is 9.98 Å². The first-order valence-electron chi connectivity index (χ1n) is 16.8. The second-order valence-electron chi connectivity index (χ2n) is 12.6. The highest BCUT2D eigenvalue weighted by Gasteiger charge is 2.25. The van der Waals surface area contributed by atoms with Gasteiger partial charge in [-0.05, 0) is 47.0 Å². The molecule has 1 atom stereocenters. The minimum Gasteiger partial charge on any atom is -0.456 e. The van der Waals surface area contributed by atoms with Gasteiger partial charge in [0.15, 0.2) is 5.84 Å². The van der Waals surface area contributed by atoms with Crippen molar-refractivity contribution in [2.24, 2.45) is 9.98 Å². The minimum atomic E-state index is -0.395. The summed E-state index contributed by atoms with van der Waals surface area (Å²) in [6.45, 7) is 0. The van der Waals surface area contributed by atoms with Crippen molar-refractivity contribution in [2.75, 3.05) is 0 Å². The summed E-state index contributed by atoms with van der Waals surface area (Å²) < 4.78 is 12.9. The molecule has 3 heterocycles. The Kier molecular flexibility index (Phi) is 6.49. The van der Waals surface area contributed by atoms with E-state index in [2.05, 4.69) is 115 Å². The number of fused-ring (bicyclic) bond motifs is 6. The van der Waals surface area contributed by atoms with Crippen LogP contribution in [0.4, 0.5) is 0 Å². The molecule has 5 nitrogen and oxygen atoms in total. The Labute approximate surface area is 287 Å². The van der Waals surface area contributed by atoms with Gasteiger partial charge in [-0.3, -0.25) is 0 Å². The molecule has 0 bridgehead atoms. The molecular formula is C45H29N3O2. The molecule has 1 N–H and O–H groups in total. The van der Waals surface area contributed by atoms with Crippen LogP contribution in [-0.4, -0.2) is 11.7 Å². The van der Waals surface area contributed by atoms with Gasteiger partial charge in [0.2, 0.25) is 0 Å². The van der Waals surface area contributed by atoms with E-state index in [-0.39, 0.29) is 0 Å². The van der Waals surface area contributed by atoms with E-state index < -0.39 is 6.17 Å². The van der Waals surface area contributed by atoms with Gasteiger partial charge in [-0.2, -0.15) is 0 Å². The van der Waals surface area contributed by atoms with Crippen molar-refractivity contribution in [2.45, 2.75) is 6.17 Å². The Bertz CT molecular complexity index is 2770. The Morgan fingerprint density at radius 2 is 1.06 bits per heavy atom. The van der Waals surface area contributed by atoms with Crippen LogP contribution >= 0.6 is 0 Å². The van der Waals surface area contributed by atoms with Gasteiger partial charge in [0, 0.05) is 43.8 Å². The fraction of sp³-hybridized carbons (Fsp3) is 0.0222. The average Bonchev–Trinajstić information content (AvgIpc) is 3.77. The molecule has 50 heavy (non-hydrogen) atoms. The van der Waals surface area contributed by atoms with Crippen molar-refractivity contribution in [1.82, 2.24) is 5.32 Å². The molecule has 1 aliphatic heterocycles. The van der Waals surface area contributed by atoms with E-state index in [1.807, 2.05) is 54.6 Å². The van der Waals surface area contributed by atoms with Crippen molar-refractivity contribution in [1.29, 1.82) is 0 Å². The van der Waals surface area contributed by atoms with Crippen LogP contribution in [0.1, 0.15) is 22.9 Å². The fourth-order valence-corrected chi connectivity index (χ4v) is 7.11. The largest absolute Gasteiger partial charge is 0.456 e. The molecule has 0 amide bonds. The van der Waals surface area contributed by atoms with Gasteiger partial charge >= 0.3 is 0 Å². The van der Waals surface area contributed by atoms with Crippen LogP contribution in [0, 0.1) is 0 Å². The number of hydrogen-bond donors (Lipinski definition) is 1. The van der Waals surface area contributed by atoms with Crippen LogP contribution in [0.3, 0.4) is 0 Å². The third kappa shape index (κ3) is 4.71. The Hall–Kier alpha value is -6.72. The van der Waals surface area contributed by atoms with E-state index in [0.717, 1.165) is 77.5 Å². The highest BCUT2D eigenvalue weighted by atomic mass is 16.3. The molecule has 5 heteroatoms. The molecule has 0 spiro atoms. The number of amidine groups is 2. The van der Waals surface area contributed by atoms with Crippen LogP contribution in [0.5, 0.6) is 0 Å². The van der Waals surface area contributed by atoms with E-state index in [4.69, 9.17) is 18.8 Å². The molecule has 236 valence electrons. The Morgan fingerprint density at radius 1 is 0.460 bits per heavy atom. The summed E-state index contributed by atoms with van der Waals surface area (Å²) in [5, 5.41) is 7.82. The van der Waals surface area contributed by atoms with Crippen molar-refractivity contribution >= 4 is 55.5 Å². The third-order valence-electron chi connectivity index (χ3n) is 9.58. The van der Waals surface area contributed by atoms with Crippen molar-refractivity contribution in [3.05, 3.63) is 180 Å². The van der Waals surface area contributed by atoms with E-state index in [1.165, 1.54) is 11.1 Å². The Balaban J connectivity index is 1.14. The zero-order chi connectivity index (χ0) is 33.0. The highest BCUT2D eigenvalue weighted by Crippen LogP contribution is 2.40. The number of nitrogens with zero attached hydrogens (tertiary/aromatic N) is 2. The van der Waals surface area contributed by atoms with Gasteiger partial charge in [0.1, 0.15) is 34.3 Å². The number of nitrogens with one attached hydrogen (secondary N) is 1. The molecule has 9 aromatic rings. The first-order valence-corrected chi connectivity index (χ1v) is 16.8. The van der Waals surface area contributed by atoms with E-state index in [1.54, 1.807) is 0 Å². The van der Waals surface area contributed by atoms with E-state index >= 15 is 0 Å². The van der Waals surface area contributed by atoms with Crippen LogP contribution < -0.4 is 5.32 Å². The third-order valence-corrected chi connectivity index (χ3v) is 9.58. The predicted molar refractivity (Wildman–Crippen MR) is 204 cm³/mol. The minimum absolute atomic E-state index is 0.395. The normalized spacial score (nSPS) is 14.6. The lowest BCUT2D eigenvalue weighted by molar-refractivity contribution is 0.655. The van der Waals surface area contributed by atoms with Crippen LogP contribution in [0.25, 0.3) is 66.1 Å². The van der Waals surface area contributed by atoms with Gasteiger partial charge in [0.25, 0.3) is 0 Å². The molecule has 2 aromatic heterocycles. The highest BCUT2D eigenvalue weighted by molar-refractivity contribution is 6.23. The van der Waals surface area contributed by atoms with Crippen LogP contribution in [-0.2, 0) is 0 Å². The van der Waals surface area contributed by atoms with Crippen molar-refractivity contribution < 1.29 is 8.83 Å². The van der Waals surface area contributed by atoms with Crippen molar-refractivity contribution in [3.63, 3.8) is 0 Å². The number of para-hydroxylation sites is 2. The molecule has 0 aliphatic carbocycles. The standard InChI is InChI=1S/C45H29N3O2/c1-3-11-28(12-4-1)29-19-21-30(22-20-29)33-25-26-37(41-36-16-8-10-18-39(36)50-42(33)41)45-47-43(31-13-5-2-6-14-31)46-44(48-45)32-23-24-35-34-15-7-9-17-38(34)49-40(35)27-32/h1-27,44H,(H,46,47,48). The molecule has 1 aliphatic rings. The molecule has 0 saturated carbocycles. The lowest BCUT2D eigenvalue weighted by Gasteiger charge is -2.24. The number of benzene rings is 7. The predicted octanol–water partition coefficient (Wildman–Crippen LogP) is 11.3. The number of rotatable bonds is 5. The molecular weight excluding hydrogens is 615 g/mol. The first kappa shape index (κ1) is 28.3. The van der Waals surface area contributed by atoms with Crippen molar-refractivity contribution in [3.8, 4) is 22.3 Å². The molecule has 0 saturated heterocycles. The summed E-state index contributed by atoms with van der Waals surface area (Å²) in [6, 6.07) is 56.3. The second-order valence-corrected chi connectivity index (χ2v) is 12.6. The quantitative estimate of drug-likeness (QED) is 0.203. The smallest absolute Gasteiger partial charge is 0.160 e. The SMILES string of the molecule is c1ccc(C2=NC(c3ccc(-c4ccc(-c5ccccc5)cc4)c4oc5ccccc5c34)=NC(c3ccc4c(c3)oc3ccccc34)N2)cc1. The molecule has 1 unspecified atom stereocenters. The first-order chi connectivity index (χ1) is 24.8. The second kappa shape index (κ2) is 11.5. The Morgan fingerprint density at radius 3 is 1.84 bits per heavy atom. The molecule has 7 aromatic carbocycles. The maximum absolute atomic E-state index is 6.65. The van der Waals surface area contributed by atoms with Gasteiger partial charge in [-0.15, -0.1) is 0 Å². The summed E-state index contributed by atoms with van der Waals surface area (Å²) in [5.41, 5.74) is 10.7. The summed E-state index contributed by atoms with van der Waals surface area (Å²) in [4.78, 5) is 10.4. The fourth-order valence-electron chi connectivity index (χ4n) is 7.11. The van der Waals surface area contributed by atoms with Crippen LogP contribution in [0.2, 0.25) is 0 Å². The maximum Gasteiger partial charge on any atom is 0.160 e. The summed E-state index contributed by atoms with van der Waals surface area (Å²) in [6.07, 6.45) is -0.395. The average molecular weight is 644 g/mol. The zero-order valence-electron chi connectivity index (χ0n) is 26.9. The lowest BCUT2D eigenvalue weighted by Crippen LogP contribution is -2.33. The monoisotopic (exact) mass is 643 g/mol. The summed E-state index contributed by atoms with van der Waals surface area (Å²) in [7, 11) is 0. The van der Waals surface area contributed by atoms with E-state index in [0.29, 0.717) is 5.84 Å². The topological polar surface area (TPSA) is 63.0 Å². The van der Waals surface area contributed by atoms with E-state index in [9.17, 15) is 0 Å². The van der Waals surface area contributed by atoms with Gasteiger partial charge in [-0.1, -0.05) is 133 Å². The number of furan rings is 2. The molecule has 0 radical (unpaired) electrons. The maximum atomic E-state index is 6.65. The zero-order valence-corrected chi connectivity index (χ0v) is 26.9. The summed E-state index contributed by atoms with van der Waals surface area (Å²) >= 11 is 0. The van der Waals surface area contributed by atoms with Gasteiger partial charge < -0.3 is 14.2 Å². The number of hydrogen-bond acceptors (Lipinski definition) is 5. The number of aliphatic imine (C=N–C) groups is 2. The van der Waals surface area contributed by atoms with Crippen LogP contribution in [0.15, 0.2) is 183 Å². The lowest BCUT2D eigenvalue weighted by atomic mass is 9.96. The summed E-state index contributed by atoms with van der Waals surface area (Å²) in [5.74, 6) is 1.40. The van der Waals surface area contributed by atoms with Gasteiger partial charge in [0.05, 0.1) is 0 Å². The molecule has 10 rings (SSSR count).